The van der Waals surface area contributed by atoms with E-state index in [4.69, 9.17) is 23.2 Å². The Hall–Kier alpha value is -1.06. The van der Waals surface area contributed by atoms with Crippen molar-refractivity contribution in [1.29, 1.82) is 0 Å². The van der Waals surface area contributed by atoms with Gasteiger partial charge in [-0.1, -0.05) is 17.7 Å². The Morgan fingerprint density at radius 3 is 2.88 bits per heavy atom. The van der Waals surface area contributed by atoms with Crippen molar-refractivity contribution in [3.8, 4) is 0 Å². The topological polar surface area (TPSA) is 45.8 Å². The zero-order valence-electron chi connectivity index (χ0n) is 9.17. The molecule has 90 valence electrons. The summed E-state index contributed by atoms with van der Waals surface area (Å²) in [7, 11) is 0. The van der Waals surface area contributed by atoms with Crippen molar-refractivity contribution < 1.29 is 0 Å². The maximum atomic E-state index is 11.8. The molecule has 0 unspecified atom stereocenters. The number of nitrogens with zero attached hydrogens (tertiary/aromatic N) is 1. The van der Waals surface area contributed by atoms with Crippen LogP contribution < -0.4 is 5.56 Å². The van der Waals surface area contributed by atoms with E-state index in [9.17, 15) is 4.79 Å². The molecular weight excluding hydrogens is 259 g/mol. The first-order valence-corrected chi connectivity index (χ1v) is 6.37. The van der Waals surface area contributed by atoms with Crippen LogP contribution in [0.25, 0.3) is 10.9 Å². The number of aryl methyl sites for hydroxylation is 1. The summed E-state index contributed by atoms with van der Waals surface area (Å²) < 4.78 is 0. The second-order valence-electron chi connectivity index (χ2n) is 3.79. The van der Waals surface area contributed by atoms with Crippen molar-refractivity contribution in [2.24, 2.45) is 0 Å². The minimum absolute atomic E-state index is 0.179. The summed E-state index contributed by atoms with van der Waals surface area (Å²) in [5, 5.41) is 0.888. The Kier molecular flexibility index (Phi) is 4.02. The smallest absolute Gasteiger partial charge is 0.260 e. The number of nitrogens with one attached hydrogen (secondary N) is 1. The molecule has 0 radical (unpaired) electrons. The van der Waals surface area contributed by atoms with Crippen LogP contribution in [0.3, 0.4) is 0 Å². The van der Waals surface area contributed by atoms with Crippen molar-refractivity contribution >= 4 is 34.1 Å². The third kappa shape index (κ3) is 2.79. The van der Waals surface area contributed by atoms with Crippen LogP contribution in [0, 0.1) is 0 Å². The molecule has 1 aromatic heterocycles. The lowest BCUT2D eigenvalue weighted by molar-refractivity contribution is 0.757. The van der Waals surface area contributed by atoms with Gasteiger partial charge < -0.3 is 4.98 Å². The molecule has 5 heteroatoms. The number of unbranched alkanes of at least 4 members (excludes halogenated alkanes) is 1. The molecule has 0 fully saturated rings. The van der Waals surface area contributed by atoms with Crippen LogP contribution in [-0.4, -0.2) is 15.8 Å². The van der Waals surface area contributed by atoms with E-state index < -0.39 is 0 Å². The molecule has 0 saturated heterocycles. The standard InChI is InChI=1S/C12H12Cl2N2O/c13-7-2-1-6-10-15-9-5-3-4-8(14)11(9)12(17)16-10/h3-5H,1-2,6-7H2,(H,15,16,17). The second kappa shape index (κ2) is 5.52. The van der Waals surface area contributed by atoms with Gasteiger partial charge in [-0.05, 0) is 25.0 Å². The molecule has 0 aliphatic heterocycles. The second-order valence-corrected chi connectivity index (χ2v) is 4.58. The van der Waals surface area contributed by atoms with Crippen LogP contribution in [0.15, 0.2) is 23.0 Å². The molecule has 1 aromatic carbocycles. The monoisotopic (exact) mass is 270 g/mol. The molecule has 0 aliphatic carbocycles. The van der Waals surface area contributed by atoms with Gasteiger partial charge in [0, 0.05) is 12.3 Å². The first-order chi connectivity index (χ1) is 8.22. The van der Waals surface area contributed by atoms with Gasteiger partial charge >= 0.3 is 0 Å². The van der Waals surface area contributed by atoms with Gasteiger partial charge in [0.05, 0.1) is 15.9 Å². The highest BCUT2D eigenvalue weighted by molar-refractivity contribution is 6.35. The van der Waals surface area contributed by atoms with Gasteiger partial charge in [-0.25, -0.2) is 4.98 Å². The fourth-order valence-corrected chi connectivity index (χ4v) is 2.15. The maximum Gasteiger partial charge on any atom is 0.260 e. The molecule has 2 aromatic rings. The summed E-state index contributed by atoms with van der Waals surface area (Å²) in [6.45, 7) is 0. The number of rotatable bonds is 4. The van der Waals surface area contributed by atoms with Gasteiger partial charge in [-0.15, -0.1) is 11.6 Å². The number of benzene rings is 1. The number of hydrogen-bond donors (Lipinski definition) is 1. The van der Waals surface area contributed by atoms with E-state index in [1.54, 1.807) is 18.2 Å². The molecule has 0 spiro atoms. The maximum absolute atomic E-state index is 11.8. The first-order valence-electron chi connectivity index (χ1n) is 5.46. The van der Waals surface area contributed by atoms with Crippen LogP contribution in [0.1, 0.15) is 18.7 Å². The van der Waals surface area contributed by atoms with E-state index in [2.05, 4.69) is 9.97 Å². The molecule has 1 heterocycles. The van der Waals surface area contributed by atoms with E-state index in [0.29, 0.717) is 27.6 Å². The van der Waals surface area contributed by atoms with Crippen molar-refractivity contribution in [3.63, 3.8) is 0 Å². The molecule has 0 atom stereocenters. The fraction of sp³-hybridized carbons (Fsp3) is 0.333. The Bertz CT molecular complexity index is 580. The average molecular weight is 271 g/mol. The van der Waals surface area contributed by atoms with Gasteiger partial charge in [0.2, 0.25) is 0 Å². The molecule has 2 rings (SSSR count). The minimum atomic E-state index is -0.179. The van der Waals surface area contributed by atoms with Crippen molar-refractivity contribution in [3.05, 3.63) is 39.4 Å². The number of alkyl halides is 1. The van der Waals surface area contributed by atoms with Crippen molar-refractivity contribution in [1.82, 2.24) is 9.97 Å². The summed E-state index contributed by atoms with van der Waals surface area (Å²) in [6.07, 6.45) is 2.56. The molecule has 0 aliphatic rings. The summed E-state index contributed by atoms with van der Waals surface area (Å²) in [5.41, 5.74) is 0.462. The number of aromatic amines is 1. The number of halogens is 2. The SMILES string of the molecule is O=c1[nH]c(CCCCCl)nc2cccc(Cl)c12. The third-order valence-electron chi connectivity index (χ3n) is 2.53. The molecule has 0 saturated carbocycles. The summed E-state index contributed by atoms with van der Waals surface area (Å²) in [4.78, 5) is 19.0. The van der Waals surface area contributed by atoms with Crippen LogP contribution in [0.2, 0.25) is 5.02 Å². The van der Waals surface area contributed by atoms with Crippen LogP contribution in [0.4, 0.5) is 0 Å². The Morgan fingerprint density at radius 1 is 1.29 bits per heavy atom. The molecular formula is C12H12Cl2N2O. The normalized spacial score (nSPS) is 10.9. The molecule has 17 heavy (non-hydrogen) atoms. The zero-order chi connectivity index (χ0) is 12.3. The number of H-pyrrole nitrogens is 1. The van der Waals surface area contributed by atoms with E-state index in [-0.39, 0.29) is 5.56 Å². The van der Waals surface area contributed by atoms with Gasteiger partial charge in [0.15, 0.2) is 0 Å². The van der Waals surface area contributed by atoms with Gasteiger partial charge in [0.25, 0.3) is 5.56 Å². The molecule has 0 bridgehead atoms. The van der Waals surface area contributed by atoms with Crippen LogP contribution >= 0.6 is 23.2 Å². The summed E-state index contributed by atoms with van der Waals surface area (Å²) in [5.74, 6) is 1.32. The number of aromatic nitrogens is 2. The fourth-order valence-electron chi connectivity index (χ4n) is 1.70. The average Bonchev–Trinajstić information content (AvgIpc) is 2.29. The minimum Gasteiger partial charge on any atom is -0.310 e. The lowest BCUT2D eigenvalue weighted by Crippen LogP contribution is -2.12. The van der Waals surface area contributed by atoms with E-state index in [0.717, 1.165) is 19.3 Å². The van der Waals surface area contributed by atoms with E-state index in [1.807, 2.05) is 0 Å². The molecule has 3 nitrogen and oxygen atoms in total. The molecule has 1 N–H and O–H groups in total. The van der Waals surface area contributed by atoms with Gasteiger partial charge in [-0.2, -0.15) is 0 Å². The Morgan fingerprint density at radius 2 is 2.12 bits per heavy atom. The number of hydrogen-bond acceptors (Lipinski definition) is 2. The van der Waals surface area contributed by atoms with Gasteiger partial charge in [-0.3, -0.25) is 4.79 Å². The summed E-state index contributed by atoms with van der Waals surface area (Å²) >= 11 is 11.6. The Labute approximate surface area is 109 Å². The molecule has 0 amide bonds. The van der Waals surface area contributed by atoms with E-state index >= 15 is 0 Å². The van der Waals surface area contributed by atoms with Crippen LogP contribution in [0.5, 0.6) is 0 Å². The predicted molar refractivity (Wildman–Crippen MR) is 71.0 cm³/mol. The van der Waals surface area contributed by atoms with E-state index in [1.165, 1.54) is 0 Å². The summed E-state index contributed by atoms with van der Waals surface area (Å²) in [6, 6.07) is 5.27. The highest BCUT2D eigenvalue weighted by Gasteiger charge is 2.06. The largest absolute Gasteiger partial charge is 0.310 e. The highest BCUT2D eigenvalue weighted by atomic mass is 35.5. The van der Waals surface area contributed by atoms with Gasteiger partial charge in [0.1, 0.15) is 5.82 Å². The van der Waals surface area contributed by atoms with Crippen molar-refractivity contribution in [2.45, 2.75) is 19.3 Å². The van der Waals surface area contributed by atoms with Crippen LogP contribution in [-0.2, 0) is 6.42 Å². The quantitative estimate of drug-likeness (QED) is 0.685. The Balaban J connectivity index is 2.39. The first kappa shape index (κ1) is 12.4. The third-order valence-corrected chi connectivity index (χ3v) is 3.11. The predicted octanol–water partition coefficient (Wildman–Crippen LogP) is 3.14. The highest BCUT2D eigenvalue weighted by Crippen LogP contribution is 2.18. The van der Waals surface area contributed by atoms with Crippen molar-refractivity contribution in [2.75, 3.05) is 5.88 Å². The number of fused-ring (bicyclic) bond motifs is 1. The zero-order valence-corrected chi connectivity index (χ0v) is 10.7. The lowest BCUT2D eigenvalue weighted by Gasteiger charge is -2.03. The lowest BCUT2D eigenvalue weighted by atomic mass is 10.2.